The van der Waals surface area contributed by atoms with E-state index in [1.807, 2.05) is 41.9 Å². The summed E-state index contributed by atoms with van der Waals surface area (Å²) in [5, 5.41) is 6.76. The van der Waals surface area contributed by atoms with Crippen molar-refractivity contribution in [1.82, 2.24) is 9.78 Å². The maximum Gasteiger partial charge on any atom is 0.208 e. The summed E-state index contributed by atoms with van der Waals surface area (Å²) in [4.78, 5) is 5.62. The molecule has 4 nitrogen and oxygen atoms in total. The first-order valence-electron chi connectivity index (χ1n) is 11.1. The van der Waals surface area contributed by atoms with E-state index < -0.39 is 0 Å². The van der Waals surface area contributed by atoms with Gasteiger partial charge in [0.05, 0.1) is 28.9 Å². The molecule has 0 aliphatic rings. The molecule has 0 radical (unpaired) electrons. The molecule has 0 N–H and O–H groups in total. The van der Waals surface area contributed by atoms with E-state index in [0.29, 0.717) is 23.2 Å². The van der Waals surface area contributed by atoms with Gasteiger partial charge in [-0.25, -0.2) is 9.67 Å². The van der Waals surface area contributed by atoms with Gasteiger partial charge >= 0.3 is 0 Å². The zero-order valence-corrected chi connectivity index (χ0v) is 22.0. The van der Waals surface area contributed by atoms with Crippen LogP contribution in [0.25, 0.3) is 10.6 Å². The first-order valence-corrected chi connectivity index (χ1v) is 12.7. The van der Waals surface area contributed by atoms with Gasteiger partial charge in [0.1, 0.15) is 10.8 Å². The molecule has 0 aliphatic carbocycles. The lowest BCUT2D eigenvalue weighted by atomic mass is 9.87. The second kappa shape index (κ2) is 10.3. The summed E-state index contributed by atoms with van der Waals surface area (Å²) in [7, 11) is 0. The van der Waals surface area contributed by atoms with Crippen LogP contribution in [-0.2, 0) is 12.0 Å². The number of benzene rings is 3. The molecule has 176 valence electrons. The largest absolute Gasteiger partial charge is 0.494 e. The molecule has 7 heteroatoms. The molecule has 0 atom stereocenters. The quantitative estimate of drug-likeness (QED) is 0.264. The van der Waals surface area contributed by atoms with Gasteiger partial charge in [-0.05, 0) is 53.8 Å². The summed E-state index contributed by atoms with van der Waals surface area (Å²) in [6.07, 6.45) is 0. The van der Waals surface area contributed by atoms with E-state index in [-0.39, 0.29) is 5.41 Å². The smallest absolute Gasteiger partial charge is 0.208 e. The van der Waals surface area contributed by atoms with Crippen molar-refractivity contribution in [1.29, 1.82) is 0 Å². The fourth-order valence-corrected chi connectivity index (χ4v) is 4.66. The summed E-state index contributed by atoms with van der Waals surface area (Å²) >= 11 is 13.8. The Balaban J connectivity index is 1.76. The molecule has 4 aromatic rings. The van der Waals surface area contributed by atoms with E-state index in [0.717, 1.165) is 32.4 Å². The first kappa shape index (κ1) is 24.5. The lowest BCUT2D eigenvalue weighted by Crippen LogP contribution is -2.17. The zero-order valence-electron chi connectivity index (χ0n) is 19.7. The Labute approximate surface area is 214 Å². The van der Waals surface area contributed by atoms with Crippen molar-refractivity contribution in [3.8, 4) is 16.3 Å². The standard InChI is InChI=1S/C27H27Cl2N3OS/c1-5-33-22-8-6-7-19(15-22)25-31-32(17-18-9-11-20(12-10-18)27(2,3)4)26(34-25)30-21-13-14-23(28)24(29)16-21/h6-16H,5,17H2,1-4H3. The van der Waals surface area contributed by atoms with Crippen molar-refractivity contribution >= 4 is 40.2 Å². The Hall–Kier alpha value is -2.60. The summed E-state index contributed by atoms with van der Waals surface area (Å²) in [6, 6.07) is 22.0. The lowest BCUT2D eigenvalue weighted by molar-refractivity contribution is 0.340. The summed E-state index contributed by atoms with van der Waals surface area (Å²) in [6.45, 7) is 9.84. The van der Waals surface area contributed by atoms with Gasteiger partial charge in [-0.15, -0.1) is 0 Å². The van der Waals surface area contributed by atoms with Gasteiger partial charge in [0, 0.05) is 5.56 Å². The summed E-state index contributed by atoms with van der Waals surface area (Å²) in [5.41, 5.74) is 4.28. The predicted molar refractivity (Wildman–Crippen MR) is 143 cm³/mol. The van der Waals surface area contributed by atoms with Crippen LogP contribution in [0.2, 0.25) is 10.0 Å². The minimum atomic E-state index is 0.111. The van der Waals surface area contributed by atoms with Crippen LogP contribution in [-0.4, -0.2) is 16.4 Å². The van der Waals surface area contributed by atoms with Crippen LogP contribution in [0.1, 0.15) is 38.8 Å². The van der Waals surface area contributed by atoms with Gasteiger partial charge in [-0.1, -0.05) is 91.7 Å². The molecule has 34 heavy (non-hydrogen) atoms. The number of nitrogens with zero attached hydrogens (tertiary/aromatic N) is 3. The molecule has 0 saturated heterocycles. The van der Waals surface area contributed by atoms with E-state index in [1.165, 1.54) is 16.9 Å². The second-order valence-electron chi connectivity index (χ2n) is 8.97. The summed E-state index contributed by atoms with van der Waals surface area (Å²) < 4.78 is 7.61. The molecule has 1 aromatic heterocycles. The monoisotopic (exact) mass is 511 g/mol. The molecule has 0 unspecified atom stereocenters. The maximum absolute atomic E-state index is 6.22. The molecular formula is C27H27Cl2N3OS. The van der Waals surface area contributed by atoms with Crippen LogP contribution < -0.4 is 9.54 Å². The average molecular weight is 513 g/mol. The van der Waals surface area contributed by atoms with Crippen molar-refractivity contribution in [3.05, 3.63) is 92.7 Å². The molecule has 3 aromatic carbocycles. The van der Waals surface area contributed by atoms with Crippen LogP contribution in [0.15, 0.2) is 71.7 Å². The topological polar surface area (TPSA) is 39.4 Å². The van der Waals surface area contributed by atoms with Crippen molar-refractivity contribution in [2.24, 2.45) is 4.99 Å². The van der Waals surface area contributed by atoms with Gasteiger partial charge in [0.15, 0.2) is 0 Å². The fourth-order valence-electron chi connectivity index (χ4n) is 3.45. The molecule has 4 rings (SSSR count). The van der Waals surface area contributed by atoms with Crippen molar-refractivity contribution < 1.29 is 4.74 Å². The minimum absolute atomic E-state index is 0.111. The highest BCUT2D eigenvalue weighted by Crippen LogP contribution is 2.28. The number of hydrogen-bond donors (Lipinski definition) is 0. The van der Waals surface area contributed by atoms with E-state index in [1.54, 1.807) is 12.1 Å². The van der Waals surface area contributed by atoms with Gasteiger partial charge in [0.2, 0.25) is 4.80 Å². The minimum Gasteiger partial charge on any atom is -0.494 e. The average Bonchev–Trinajstić information content (AvgIpc) is 3.19. The Bertz CT molecular complexity index is 1350. The molecular weight excluding hydrogens is 485 g/mol. The van der Waals surface area contributed by atoms with Crippen molar-refractivity contribution in [3.63, 3.8) is 0 Å². The third kappa shape index (κ3) is 5.90. The maximum atomic E-state index is 6.22. The second-order valence-corrected chi connectivity index (χ2v) is 10.7. The van der Waals surface area contributed by atoms with Gasteiger partial charge in [-0.3, -0.25) is 0 Å². The zero-order chi connectivity index (χ0) is 24.3. The van der Waals surface area contributed by atoms with Crippen molar-refractivity contribution in [2.75, 3.05) is 6.61 Å². The molecule has 0 spiro atoms. The van der Waals surface area contributed by atoms with Crippen LogP contribution in [0.3, 0.4) is 0 Å². The molecule has 0 aliphatic heterocycles. The summed E-state index contributed by atoms with van der Waals surface area (Å²) in [5.74, 6) is 0.822. The van der Waals surface area contributed by atoms with Crippen molar-refractivity contribution in [2.45, 2.75) is 39.7 Å². The van der Waals surface area contributed by atoms with Gasteiger partial charge < -0.3 is 4.74 Å². The highest BCUT2D eigenvalue weighted by molar-refractivity contribution is 7.12. The highest BCUT2D eigenvalue weighted by atomic mass is 35.5. The Kier molecular flexibility index (Phi) is 7.46. The molecule has 1 heterocycles. The Morgan fingerprint density at radius 3 is 2.41 bits per heavy atom. The van der Waals surface area contributed by atoms with Crippen LogP contribution in [0.4, 0.5) is 5.69 Å². The number of rotatable bonds is 6. The Morgan fingerprint density at radius 1 is 0.971 bits per heavy atom. The van der Waals surface area contributed by atoms with Crippen LogP contribution in [0.5, 0.6) is 5.75 Å². The fraction of sp³-hybridized carbons (Fsp3) is 0.259. The first-order chi connectivity index (χ1) is 16.2. The molecule has 0 saturated carbocycles. The van der Waals surface area contributed by atoms with E-state index in [4.69, 9.17) is 38.0 Å². The van der Waals surface area contributed by atoms with Crippen LogP contribution >= 0.6 is 34.5 Å². The van der Waals surface area contributed by atoms with Gasteiger partial charge in [0.25, 0.3) is 0 Å². The molecule has 0 bridgehead atoms. The number of halogens is 2. The number of hydrogen-bond acceptors (Lipinski definition) is 4. The molecule has 0 fully saturated rings. The lowest BCUT2D eigenvalue weighted by Gasteiger charge is -2.19. The van der Waals surface area contributed by atoms with E-state index >= 15 is 0 Å². The SMILES string of the molecule is CCOc1cccc(-c2nn(Cc3ccc(C(C)(C)C)cc3)c(=Nc3ccc(Cl)c(Cl)c3)s2)c1. The Morgan fingerprint density at radius 2 is 1.74 bits per heavy atom. The number of ether oxygens (including phenoxy) is 1. The highest BCUT2D eigenvalue weighted by Gasteiger charge is 2.14. The van der Waals surface area contributed by atoms with E-state index in [9.17, 15) is 0 Å². The van der Waals surface area contributed by atoms with Gasteiger partial charge in [-0.2, -0.15) is 5.10 Å². The van der Waals surface area contributed by atoms with E-state index in [2.05, 4.69) is 45.0 Å². The van der Waals surface area contributed by atoms with Crippen LogP contribution in [0, 0.1) is 0 Å². The third-order valence-corrected chi connectivity index (χ3v) is 7.03. The molecule has 0 amide bonds. The predicted octanol–water partition coefficient (Wildman–Crippen LogP) is 7.90. The normalized spacial score (nSPS) is 12.2. The number of aromatic nitrogens is 2. The third-order valence-electron chi connectivity index (χ3n) is 5.29.